The van der Waals surface area contributed by atoms with Gasteiger partial charge in [0, 0.05) is 17.2 Å². The number of carbonyl (C=O) groups excluding carboxylic acids is 3. The van der Waals surface area contributed by atoms with Crippen LogP contribution in [0.4, 0.5) is 13.6 Å². The number of carbonyl (C=O) groups is 3. The summed E-state index contributed by atoms with van der Waals surface area (Å²) in [5, 5.41) is 5.08. The van der Waals surface area contributed by atoms with E-state index in [9.17, 15) is 23.2 Å². The third-order valence-electron chi connectivity index (χ3n) is 4.27. The van der Waals surface area contributed by atoms with E-state index in [1.54, 1.807) is 31.2 Å². The van der Waals surface area contributed by atoms with Gasteiger partial charge in [-0.15, -0.1) is 0 Å². The Morgan fingerprint density at radius 3 is 2.48 bits per heavy atom. The fraction of sp³-hybridized carbons (Fsp3) is 0.211. The summed E-state index contributed by atoms with van der Waals surface area (Å²) in [6.45, 7) is 1.70. The van der Waals surface area contributed by atoms with Gasteiger partial charge in [-0.05, 0) is 30.7 Å². The second-order valence-corrected chi connectivity index (χ2v) is 6.20. The van der Waals surface area contributed by atoms with E-state index in [0.29, 0.717) is 11.1 Å². The molecule has 1 saturated heterocycles. The third kappa shape index (κ3) is 4.11. The highest BCUT2D eigenvalue weighted by molar-refractivity contribution is 6.01. The summed E-state index contributed by atoms with van der Waals surface area (Å²) in [6.07, 6.45) is 0. The van der Waals surface area contributed by atoms with Crippen LogP contribution in [-0.4, -0.2) is 29.3 Å². The monoisotopic (exact) mass is 373 g/mol. The van der Waals surface area contributed by atoms with Gasteiger partial charge < -0.3 is 10.6 Å². The number of rotatable bonds is 5. The maximum atomic E-state index is 13.8. The number of nitrogens with one attached hydrogen (secondary N) is 2. The van der Waals surface area contributed by atoms with E-state index in [4.69, 9.17) is 0 Å². The molecule has 1 atom stereocenters. The summed E-state index contributed by atoms with van der Waals surface area (Å²) in [5.74, 6) is -2.15. The molecule has 0 aromatic heterocycles. The van der Waals surface area contributed by atoms with Gasteiger partial charge in [-0.2, -0.15) is 0 Å². The first-order chi connectivity index (χ1) is 12.8. The highest BCUT2D eigenvalue weighted by Crippen LogP contribution is 2.18. The van der Waals surface area contributed by atoms with Crippen molar-refractivity contribution in [3.05, 3.63) is 70.8 Å². The molecule has 0 saturated carbocycles. The van der Waals surface area contributed by atoms with Crippen molar-refractivity contribution in [2.45, 2.75) is 19.5 Å². The van der Waals surface area contributed by atoms with Gasteiger partial charge in [0.2, 0.25) is 5.91 Å². The molecule has 1 heterocycles. The lowest BCUT2D eigenvalue weighted by Crippen LogP contribution is -2.30. The van der Waals surface area contributed by atoms with Crippen molar-refractivity contribution in [3.8, 4) is 0 Å². The molecule has 27 heavy (non-hydrogen) atoms. The molecule has 1 aliphatic rings. The van der Waals surface area contributed by atoms with Crippen molar-refractivity contribution in [2.75, 3.05) is 6.54 Å². The second-order valence-electron chi connectivity index (χ2n) is 6.20. The van der Waals surface area contributed by atoms with Gasteiger partial charge in [-0.1, -0.05) is 18.2 Å². The van der Waals surface area contributed by atoms with E-state index in [1.807, 2.05) is 0 Å². The van der Waals surface area contributed by atoms with E-state index in [1.165, 1.54) is 6.07 Å². The average molecular weight is 373 g/mol. The van der Waals surface area contributed by atoms with Gasteiger partial charge in [-0.25, -0.2) is 13.6 Å². The number of hydrogen-bond acceptors (Lipinski definition) is 3. The maximum absolute atomic E-state index is 13.8. The maximum Gasteiger partial charge on any atom is 0.324 e. The topological polar surface area (TPSA) is 78.5 Å². The zero-order valence-electron chi connectivity index (χ0n) is 14.5. The van der Waals surface area contributed by atoms with E-state index >= 15 is 0 Å². The molecule has 6 nitrogen and oxygen atoms in total. The zero-order chi connectivity index (χ0) is 19.6. The van der Waals surface area contributed by atoms with E-state index in [-0.39, 0.29) is 24.6 Å². The van der Waals surface area contributed by atoms with Crippen molar-refractivity contribution in [1.82, 2.24) is 15.5 Å². The number of urea groups is 1. The smallest absolute Gasteiger partial charge is 0.324 e. The van der Waals surface area contributed by atoms with Crippen molar-refractivity contribution >= 4 is 17.8 Å². The van der Waals surface area contributed by atoms with Crippen molar-refractivity contribution in [2.24, 2.45) is 0 Å². The molecule has 1 fully saturated rings. The molecule has 2 N–H and O–H groups in total. The molecule has 0 bridgehead atoms. The van der Waals surface area contributed by atoms with Crippen LogP contribution in [0.25, 0.3) is 0 Å². The van der Waals surface area contributed by atoms with E-state index in [0.717, 1.165) is 17.0 Å². The van der Waals surface area contributed by atoms with Gasteiger partial charge in [0.25, 0.3) is 5.91 Å². The Kier molecular flexibility index (Phi) is 5.16. The molecular formula is C19H17F2N3O3. The van der Waals surface area contributed by atoms with Crippen LogP contribution in [0.1, 0.15) is 34.5 Å². The Hall–Kier alpha value is -3.29. The largest absolute Gasteiger partial charge is 0.345 e. The van der Waals surface area contributed by atoms with Crippen molar-refractivity contribution < 1.29 is 23.2 Å². The molecule has 0 radical (unpaired) electrons. The van der Waals surface area contributed by atoms with Gasteiger partial charge in [0.05, 0.1) is 19.1 Å². The molecule has 4 amide bonds. The quantitative estimate of drug-likeness (QED) is 0.791. The number of hydrogen-bond donors (Lipinski definition) is 2. The summed E-state index contributed by atoms with van der Waals surface area (Å²) < 4.78 is 26.8. The van der Waals surface area contributed by atoms with Crippen LogP contribution in [0.3, 0.4) is 0 Å². The Labute approximate surface area is 154 Å². The fourth-order valence-electron chi connectivity index (χ4n) is 2.77. The molecule has 140 valence electrons. The summed E-state index contributed by atoms with van der Waals surface area (Å²) in [6, 6.07) is 8.47. The van der Waals surface area contributed by atoms with Crippen LogP contribution < -0.4 is 10.6 Å². The number of nitrogens with zero attached hydrogens (tertiary/aromatic N) is 1. The SMILES string of the molecule is C[C@@H](NC(=O)c1ccc(CN2C(=O)CNC2=O)cc1)c1ccc(F)cc1F. The lowest BCUT2D eigenvalue weighted by molar-refractivity contribution is -0.125. The Morgan fingerprint density at radius 1 is 1.19 bits per heavy atom. The normalized spacial score (nSPS) is 14.9. The average Bonchev–Trinajstić information content (AvgIpc) is 2.94. The highest BCUT2D eigenvalue weighted by atomic mass is 19.1. The Bertz CT molecular complexity index is 884. The van der Waals surface area contributed by atoms with Crippen LogP contribution >= 0.6 is 0 Å². The van der Waals surface area contributed by atoms with Crippen molar-refractivity contribution in [1.29, 1.82) is 0 Å². The first-order valence-corrected chi connectivity index (χ1v) is 8.28. The molecule has 1 aliphatic heterocycles. The molecule has 8 heteroatoms. The predicted molar refractivity (Wildman–Crippen MR) is 92.6 cm³/mol. The molecule has 2 aromatic carbocycles. The van der Waals surface area contributed by atoms with Gasteiger partial charge >= 0.3 is 6.03 Å². The standard InChI is InChI=1S/C19H17F2N3O3/c1-11(15-7-6-14(20)8-16(15)21)23-18(26)13-4-2-12(3-5-13)10-24-17(25)9-22-19(24)27/h2-8,11H,9-10H2,1H3,(H,22,27)(H,23,26)/t11-/m1/s1. The second kappa shape index (κ2) is 7.53. The van der Waals surface area contributed by atoms with Gasteiger partial charge in [0.15, 0.2) is 0 Å². The third-order valence-corrected chi connectivity index (χ3v) is 4.27. The van der Waals surface area contributed by atoms with Crippen LogP contribution in [0, 0.1) is 11.6 Å². The van der Waals surface area contributed by atoms with Gasteiger partial charge in [-0.3, -0.25) is 14.5 Å². The molecule has 0 aliphatic carbocycles. The molecule has 2 aromatic rings. The van der Waals surface area contributed by atoms with Crippen LogP contribution in [0.2, 0.25) is 0 Å². The number of amides is 4. The molecule has 0 unspecified atom stereocenters. The minimum atomic E-state index is -0.730. The molecule has 3 rings (SSSR count). The lowest BCUT2D eigenvalue weighted by atomic mass is 10.1. The summed E-state index contributed by atoms with van der Waals surface area (Å²) in [5.41, 5.74) is 1.21. The van der Waals surface area contributed by atoms with Crippen LogP contribution in [0.5, 0.6) is 0 Å². The van der Waals surface area contributed by atoms with Gasteiger partial charge in [0.1, 0.15) is 11.6 Å². The van der Waals surface area contributed by atoms with E-state index in [2.05, 4.69) is 10.6 Å². The molecule has 0 spiro atoms. The first-order valence-electron chi connectivity index (χ1n) is 8.28. The minimum Gasteiger partial charge on any atom is -0.345 e. The molecular weight excluding hydrogens is 356 g/mol. The lowest BCUT2D eigenvalue weighted by Gasteiger charge is -2.16. The summed E-state index contributed by atoms with van der Waals surface area (Å²) in [7, 11) is 0. The van der Waals surface area contributed by atoms with Crippen LogP contribution in [0.15, 0.2) is 42.5 Å². The summed E-state index contributed by atoms with van der Waals surface area (Å²) >= 11 is 0. The summed E-state index contributed by atoms with van der Waals surface area (Å²) in [4.78, 5) is 36.6. The number of halogens is 2. The first kappa shape index (κ1) is 18.5. The predicted octanol–water partition coefficient (Wildman–Crippen LogP) is 2.51. The fourth-order valence-corrected chi connectivity index (χ4v) is 2.77. The van der Waals surface area contributed by atoms with E-state index < -0.39 is 29.6 Å². The number of imide groups is 1. The zero-order valence-corrected chi connectivity index (χ0v) is 14.5. The van der Waals surface area contributed by atoms with Crippen molar-refractivity contribution in [3.63, 3.8) is 0 Å². The Balaban J connectivity index is 1.65. The van der Waals surface area contributed by atoms with Crippen LogP contribution in [-0.2, 0) is 11.3 Å². The Morgan fingerprint density at radius 2 is 1.89 bits per heavy atom. The minimum absolute atomic E-state index is 0.0167. The highest BCUT2D eigenvalue weighted by Gasteiger charge is 2.28. The number of benzene rings is 2.